The molecule has 0 aromatic heterocycles. The first-order chi connectivity index (χ1) is 8.00. The summed E-state index contributed by atoms with van der Waals surface area (Å²) in [4.78, 5) is 0. The highest BCUT2D eigenvalue weighted by molar-refractivity contribution is 5.86. The van der Waals surface area contributed by atoms with Crippen LogP contribution in [0.5, 0.6) is 11.5 Å². The zero-order chi connectivity index (χ0) is 14.3. The van der Waals surface area contributed by atoms with Gasteiger partial charge in [-0.15, -0.1) is 0 Å². The molecule has 3 heteroatoms. The van der Waals surface area contributed by atoms with Crippen LogP contribution in [0, 0.1) is 5.41 Å². The van der Waals surface area contributed by atoms with Crippen molar-refractivity contribution in [2.45, 2.75) is 52.4 Å². The fourth-order valence-electron chi connectivity index (χ4n) is 2.01. The maximum Gasteiger partial charge on any atom is 0.166 e. The number of nitrogens with one attached hydrogen (secondary N) is 1. The van der Waals surface area contributed by atoms with Crippen LogP contribution in [-0.2, 0) is 10.8 Å². The topological polar surface area (TPSA) is 64.3 Å². The lowest BCUT2D eigenvalue weighted by atomic mass is 9.77. The minimum absolute atomic E-state index is 0.117. The summed E-state index contributed by atoms with van der Waals surface area (Å²) in [7, 11) is 0. The van der Waals surface area contributed by atoms with Crippen molar-refractivity contribution in [1.29, 1.82) is 5.41 Å². The summed E-state index contributed by atoms with van der Waals surface area (Å²) in [6, 6.07) is 1.90. The third-order valence-electron chi connectivity index (χ3n) is 3.07. The summed E-state index contributed by atoms with van der Waals surface area (Å²) < 4.78 is 0. The minimum Gasteiger partial charge on any atom is -0.504 e. The highest BCUT2D eigenvalue weighted by atomic mass is 16.3. The van der Waals surface area contributed by atoms with E-state index in [1.165, 1.54) is 0 Å². The summed E-state index contributed by atoms with van der Waals surface area (Å²) in [5.41, 5.74) is 1.52. The summed E-state index contributed by atoms with van der Waals surface area (Å²) >= 11 is 0. The van der Waals surface area contributed by atoms with E-state index in [9.17, 15) is 10.2 Å². The lowest BCUT2D eigenvalue weighted by Crippen LogP contribution is -2.18. The lowest BCUT2D eigenvalue weighted by molar-refractivity contribution is 0.386. The molecule has 0 spiro atoms. The predicted molar refractivity (Wildman–Crippen MR) is 75.1 cm³/mol. The van der Waals surface area contributed by atoms with Crippen molar-refractivity contribution in [2.24, 2.45) is 0 Å². The van der Waals surface area contributed by atoms with Gasteiger partial charge in [0.15, 0.2) is 11.5 Å². The van der Waals surface area contributed by atoms with Crippen LogP contribution in [0.1, 0.15) is 58.2 Å². The van der Waals surface area contributed by atoms with Gasteiger partial charge in [0, 0.05) is 17.3 Å². The molecule has 0 saturated heterocycles. The van der Waals surface area contributed by atoms with Crippen LogP contribution in [0.3, 0.4) is 0 Å². The summed E-state index contributed by atoms with van der Waals surface area (Å²) in [5.74, 6) is -0.309. The first kappa shape index (κ1) is 14.6. The summed E-state index contributed by atoms with van der Waals surface area (Å²) in [5, 5.41) is 27.6. The van der Waals surface area contributed by atoms with Crippen LogP contribution < -0.4 is 0 Å². The number of rotatable bonds is 1. The monoisotopic (exact) mass is 249 g/mol. The van der Waals surface area contributed by atoms with Crippen LogP contribution in [0.25, 0.3) is 0 Å². The Bertz CT molecular complexity index is 477. The van der Waals surface area contributed by atoms with E-state index in [1.807, 2.05) is 47.6 Å². The first-order valence-electron chi connectivity index (χ1n) is 6.10. The molecular weight excluding hydrogens is 226 g/mol. The second kappa shape index (κ2) is 4.30. The molecule has 0 aliphatic rings. The largest absolute Gasteiger partial charge is 0.504 e. The van der Waals surface area contributed by atoms with Crippen molar-refractivity contribution >= 4 is 6.21 Å². The molecule has 1 rings (SSSR count). The van der Waals surface area contributed by atoms with Gasteiger partial charge in [-0.05, 0) is 16.4 Å². The fourth-order valence-corrected chi connectivity index (χ4v) is 2.01. The van der Waals surface area contributed by atoms with Gasteiger partial charge in [0.05, 0.1) is 0 Å². The first-order valence-corrected chi connectivity index (χ1v) is 6.10. The number of phenols is 2. The summed E-state index contributed by atoms with van der Waals surface area (Å²) in [6.45, 7) is 12.0. The normalized spacial score (nSPS) is 12.6. The van der Waals surface area contributed by atoms with E-state index in [1.54, 1.807) is 0 Å². The highest BCUT2D eigenvalue weighted by Gasteiger charge is 2.28. The minimum atomic E-state index is -0.262. The second-order valence-corrected chi connectivity index (χ2v) is 6.73. The molecule has 0 radical (unpaired) electrons. The average molecular weight is 249 g/mol. The van der Waals surface area contributed by atoms with E-state index in [4.69, 9.17) is 5.41 Å². The zero-order valence-electron chi connectivity index (χ0n) is 12.0. The Labute approximate surface area is 109 Å². The van der Waals surface area contributed by atoms with Gasteiger partial charge in [-0.2, -0.15) is 0 Å². The summed E-state index contributed by atoms with van der Waals surface area (Å²) in [6.07, 6.45) is 1.10. The number of hydrogen-bond acceptors (Lipinski definition) is 3. The second-order valence-electron chi connectivity index (χ2n) is 6.73. The third-order valence-corrected chi connectivity index (χ3v) is 3.07. The van der Waals surface area contributed by atoms with E-state index in [2.05, 4.69) is 0 Å². The SMILES string of the molecule is CC(C)(C)c1cc(C(C)(C)C)c(C=N)c(O)c1O. The van der Waals surface area contributed by atoms with E-state index >= 15 is 0 Å². The molecule has 0 aliphatic carbocycles. The van der Waals surface area contributed by atoms with Gasteiger partial charge in [0.1, 0.15) is 0 Å². The Morgan fingerprint density at radius 1 is 0.889 bits per heavy atom. The predicted octanol–water partition coefficient (Wildman–Crippen LogP) is 3.69. The molecule has 0 unspecified atom stereocenters. The highest BCUT2D eigenvalue weighted by Crippen LogP contribution is 2.43. The molecule has 0 saturated carbocycles. The molecule has 3 nitrogen and oxygen atoms in total. The maximum absolute atomic E-state index is 10.1. The Hall–Kier alpha value is -1.51. The molecule has 0 bridgehead atoms. The van der Waals surface area contributed by atoms with Crippen LogP contribution >= 0.6 is 0 Å². The van der Waals surface area contributed by atoms with Gasteiger partial charge in [0.2, 0.25) is 0 Å². The lowest BCUT2D eigenvalue weighted by Gasteiger charge is -2.28. The molecule has 1 aromatic rings. The van der Waals surface area contributed by atoms with E-state index in [0.717, 1.165) is 11.8 Å². The van der Waals surface area contributed by atoms with Gasteiger partial charge < -0.3 is 15.6 Å². The molecule has 18 heavy (non-hydrogen) atoms. The van der Waals surface area contributed by atoms with Crippen molar-refractivity contribution in [2.75, 3.05) is 0 Å². The van der Waals surface area contributed by atoms with Gasteiger partial charge in [-0.25, -0.2) is 0 Å². The van der Waals surface area contributed by atoms with Crippen molar-refractivity contribution in [3.05, 3.63) is 22.8 Å². The van der Waals surface area contributed by atoms with Crippen molar-refractivity contribution in [3.8, 4) is 11.5 Å². The number of benzene rings is 1. The molecule has 0 aliphatic heterocycles. The number of phenolic OH excluding ortho intramolecular Hbond substituents is 2. The molecule has 0 fully saturated rings. The molecule has 0 amide bonds. The van der Waals surface area contributed by atoms with Gasteiger partial charge in [0.25, 0.3) is 0 Å². The van der Waals surface area contributed by atoms with Gasteiger partial charge >= 0.3 is 0 Å². The molecule has 100 valence electrons. The van der Waals surface area contributed by atoms with Crippen LogP contribution in [0.4, 0.5) is 0 Å². The Morgan fingerprint density at radius 2 is 1.33 bits per heavy atom. The number of aromatic hydroxyl groups is 2. The average Bonchev–Trinajstić information content (AvgIpc) is 2.17. The van der Waals surface area contributed by atoms with Crippen LogP contribution in [-0.4, -0.2) is 16.4 Å². The van der Waals surface area contributed by atoms with E-state index < -0.39 is 0 Å². The Morgan fingerprint density at radius 3 is 1.67 bits per heavy atom. The van der Waals surface area contributed by atoms with Crippen molar-refractivity contribution in [1.82, 2.24) is 0 Å². The van der Waals surface area contributed by atoms with Gasteiger partial charge in [-0.1, -0.05) is 47.6 Å². The standard InChI is InChI=1S/C15H23NO2/c1-14(2,3)10-7-11(15(4,5)6)13(18)12(17)9(10)8-16/h7-8,16-18H,1-6H3. The van der Waals surface area contributed by atoms with E-state index in [-0.39, 0.29) is 22.3 Å². The molecule has 3 N–H and O–H groups in total. The zero-order valence-corrected chi connectivity index (χ0v) is 12.0. The molecule has 1 aromatic carbocycles. The smallest absolute Gasteiger partial charge is 0.166 e. The van der Waals surface area contributed by atoms with Crippen LogP contribution in [0.2, 0.25) is 0 Å². The molecule has 0 atom stereocenters. The Balaban J connectivity index is 3.73. The fraction of sp³-hybridized carbons (Fsp3) is 0.533. The van der Waals surface area contributed by atoms with Gasteiger partial charge in [-0.3, -0.25) is 0 Å². The maximum atomic E-state index is 10.1. The molecular formula is C15H23NO2. The van der Waals surface area contributed by atoms with Crippen molar-refractivity contribution in [3.63, 3.8) is 0 Å². The quantitative estimate of drug-likeness (QED) is 0.525. The Kier molecular flexibility index (Phi) is 3.48. The van der Waals surface area contributed by atoms with Crippen molar-refractivity contribution < 1.29 is 10.2 Å². The molecule has 0 heterocycles. The van der Waals surface area contributed by atoms with Crippen LogP contribution in [0.15, 0.2) is 6.07 Å². The third kappa shape index (κ3) is 2.50. The van der Waals surface area contributed by atoms with E-state index in [0.29, 0.717) is 11.1 Å². The number of hydrogen-bond donors (Lipinski definition) is 3.